The number of nitrogens with zero attached hydrogens (tertiary/aromatic N) is 2. The average molecular weight is 366 g/mol. The number of rotatable bonds is 11. The van der Waals surface area contributed by atoms with Crippen molar-refractivity contribution in [1.29, 1.82) is 0 Å². The SMILES string of the molecule is CCCCCCCCCCCCc1ncc[nH]1.c1ccc2ncccc2c1. The average Bonchev–Trinajstić information content (AvgIpc) is 3.24. The number of hydrogen-bond acceptors (Lipinski definition) is 2. The first-order valence-electron chi connectivity index (χ1n) is 10.7. The molecule has 0 spiro atoms. The van der Waals surface area contributed by atoms with Crippen LogP contribution in [0, 0.1) is 0 Å². The Hall–Kier alpha value is -2.16. The molecule has 3 heteroatoms. The Morgan fingerprint density at radius 2 is 1.37 bits per heavy atom. The van der Waals surface area contributed by atoms with Crippen LogP contribution in [-0.2, 0) is 6.42 Å². The zero-order valence-electron chi connectivity index (χ0n) is 16.9. The molecule has 3 aromatic rings. The summed E-state index contributed by atoms with van der Waals surface area (Å²) in [6.45, 7) is 2.28. The van der Waals surface area contributed by atoms with Crippen LogP contribution in [0.5, 0.6) is 0 Å². The summed E-state index contributed by atoms with van der Waals surface area (Å²) < 4.78 is 0. The molecule has 0 aliphatic heterocycles. The number of aryl methyl sites for hydroxylation is 1. The predicted molar refractivity (Wildman–Crippen MR) is 116 cm³/mol. The van der Waals surface area contributed by atoms with Crippen molar-refractivity contribution in [3.8, 4) is 0 Å². The highest BCUT2D eigenvalue weighted by Crippen LogP contribution is 2.11. The molecule has 0 amide bonds. The van der Waals surface area contributed by atoms with Gasteiger partial charge in [0.15, 0.2) is 0 Å². The molecule has 1 aromatic carbocycles. The van der Waals surface area contributed by atoms with Gasteiger partial charge in [-0.2, -0.15) is 0 Å². The van der Waals surface area contributed by atoms with E-state index in [2.05, 4.69) is 34.0 Å². The number of hydrogen-bond donors (Lipinski definition) is 1. The number of aromatic amines is 1. The van der Waals surface area contributed by atoms with Crippen LogP contribution in [0.25, 0.3) is 10.9 Å². The lowest BCUT2D eigenvalue weighted by molar-refractivity contribution is 0.554. The molecule has 0 saturated carbocycles. The Balaban J connectivity index is 0.000000219. The smallest absolute Gasteiger partial charge is 0.105 e. The Morgan fingerprint density at radius 1 is 0.704 bits per heavy atom. The quantitative estimate of drug-likeness (QED) is 0.368. The lowest BCUT2D eigenvalue weighted by Gasteiger charge is -2.01. The number of aromatic nitrogens is 3. The van der Waals surface area contributed by atoms with Crippen molar-refractivity contribution in [2.75, 3.05) is 0 Å². The molecule has 0 radical (unpaired) electrons. The van der Waals surface area contributed by atoms with E-state index in [0.717, 1.165) is 17.8 Å². The lowest BCUT2D eigenvalue weighted by atomic mass is 10.1. The van der Waals surface area contributed by atoms with Crippen molar-refractivity contribution in [3.63, 3.8) is 0 Å². The second-order valence-electron chi connectivity index (χ2n) is 7.16. The van der Waals surface area contributed by atoms with Crippen LogP contribution in [-0.4, -0.2) is 15.0 Å². The first kappa shape index (κ1) is 21.1. The highest BCUT2D eigenvalue weighted by Gasteiger charge is 1.95. The summed E-state index contributed by atoms with van der Waals surface area (Å²) in [4.78, 5) is 11.6. The largest absolute Gasteiger partial charge is 0.349 e. The minimum Gasteiger partial charge on any atom is -0.349 e. The van der Waals surface area contributed by atoms with Crippen molar-refractivity contribution < 1.29 is 0 Å². The molecule has 1 N–H and O–H groups in total. The summed E-state index contributed by atoms with van der Waals surface area (Å²) in [5.74, 6) is 1.14. The molecule has 0 unspecified atom stereocenters. The monoisotopic (exact) mass is 365 g/mol. The molecular formula is C24H35N3. The van der Waals surface area contributed by atoms with Gasteiger partial charge in [0.2, 0.25) is 0 Å². The zero-order valence-corrected chi connectivity index (χ0v) is 16.9. The van der Waals surface area contributed by atoms with Crippen LogP contribution in [0.1, 0.15) is 77.0 Å². The van der Waals surface area contributed by atoms with Gasteiger partial charge in [-0.1, -0.05) is 89.0 Å². The fraction of sp³-hybridized carbons (Fsp3) is 0.500. The molecule has 0 aliphatic rings. The fourth-order valence-electron chi connectivity index (χ4n) is 3.23. The van der Waals surface area contributed by atoms with E-state index in [9.17, 15) is 0 Å². The van der Waals surface area contributed by atoms with Gasteiger partial charge in [0.25, 0.3) is 0 Å². The zero-order chi connectivity index (χ0) is 19.0. The molecule has 0 fully saturated rings. The predicted octanol–water partition coefficient (Wildman–Crippen LogP) is 7.11. The summed E-state index contributed by atoms with van der Waals surface area (Å²) in [5.41, 5.74) is 1.06. The van der Waals surface area contributed by atoms with E-state index in [1.165, 1.54) is 69.6 Å². The van der Waals surface area contributed by atoms with E-state index in [4.69, 9.17) is 0 Å². The standard InChI is InChI=1S/C15H28N2.C9H7N/c1-2-3-4-5-6-7-8-9-10-11-12-15-16-13-14-17-15;1-2-6-9-8(4-1)5-3-7-10-9/h13-14H,2-12H2,1H3,(H,16,17);1-7H. The molecule has 0 atom stereocenters. The number of para-hydroxylation sites is 1. The molecule has 2 aromatic heterocycles. The van der Waals surface area contributed by atoms with Gasteiger partial charge < -0.3 is 4.98 Å². The Labute approximate surface area is 164 Å². The van der Waals surface area contributed by atoms with Crippen molar-refractivity contribution in [2.45, 2.75) is 77.6 Å². The maximum atomic E-state index is 4.24. The first-order valence-corrected chi connectivity index (χ1v) is 10.7. The van der Waals surface area contributed by atoms with Crippen molar-refractivity contribution >= 4 is 10.9 Å². The highest BCUT2D eigenvalue weighted by molar-refractivity contribution is 5.77. The van der Waals surface area contributed by atoms with Crippen LogP contribution < -0.4 is 0 Å². The molecule has 27 heavy (non-hydrogen) atoms. The number of imidazole rings is 1. The van der Waals surface area contributed by atoms with Gasteiger partial charge in [0, 0.05) is 30.4 Å². The second kappa shape index (κ2) is 14.0. The topological polar surface area (TPSA) is 41.6 Å². The third-order valence-corrected chi connectivity index (χ3v) is 4.83. The Kier molecular flexibility index (Phi) is 10.9. The van der Waals surface area contributed by atoms with Gasteiger partial charge >= 0.3 is 0 Å². The van der Waals surface area contributed by atoms with E-state index >= 15 is 0 Å². The number of benzene rings is 1. The lowest BCUT2D eigenvalue weighted by Crippen LogP contribution is -1.88. The maximum Gasteiger partial charge on any atom is 0.105 e. The number of pyridine rings is 1. The van der Waals surface area contributed by atoms with Crippen LogP contribution in [0.15, 0.2) is 55.0 Å². The number of fused-ring (bicyclic) bond motifs is 1. The van der Waals surface area contributed by atoms with Crippen LogP contribution in [0.4, 0.5) is 0 Å². The summed E-state index contributed by atoms with van der Waals surface area (Å²) in [7, 11) is 0. The van der Waals surface area contributed by atoms with Gasteiger partial charge in [-0.3, -0.25) is 4.98 Å². The minimum atomic E-state index is 1.06. The third-order valence-electron chi connectivity index (χ3n) is 4.83. The third kappa shape index (κ3) is 9.37. The second-order valence-corrected chi connectivity index (χ2v) is 7.16. The summed E-state index contributed by atoms with van der Waals surface area (Å²) >= 11 is 0. The molecule has 0 aliphatic carbocycles. The summed E-state index contributed by atoms with van der Waals surface area (Å²) in [6, 6.07) is 12.1. The molecule has 3 rings (SSSR count). The van der Waals surface area contributed by atoms with Crippen molar-refractivity contribution in [1.82, 2.24) is 15.0 Å². The maximum absolute atomic E-state index is 4.24. The first-order chi connectivity index (χ1) is 13.4. The normalized spacial score (nSPS) is 10.6. The van der Waals surface area contributed by atoms with E-state index in [1.807, 2.05) is 42.9 Å². The molecular weight excluding hydrogens is 330 g/mol. The van der Waals surface area contributed by atoms with Crippen molar-refractivity contribution in [2.24, 2.45) is 0 Å². The number of unbranched alkanes of at least 4 members (excludes halogenated alkanes) is 9. The van der Waals surface area contributed by atoms with E-state index in [-0.39, 0.29) is 0 Å². The molecule has 0 bridgehead atoms. The van der Waals surface area contributed by atoms with Gasteiger partial charge in [0.1, 0.15) is 5.82 Å². The van der Waals surface area contributed by atoms with Crippen LogP contribution in [0.3, 0.4) is 0 Å². The molecule has 2 heterocycles. The van der Waals surface area contributed by atoms with E-state index in [1.54, 1.807) is 0 Å². The fourth-order valence-corrected chi connectivity index (χ4v) is 3.23. The van der Waals surface area contributed by atoms with Gasteiger partial charge in [-0.15, -0.1) is 0 Å². The molecule has 3 nitrogen and oxygen atoms in total. The summed E-state index contributed by atoms with van der Waals surface area (Å²) in [6.07, 6.45) is 20.7. The minimum absolute atomic E-state index is 1.06. The Bertz CT molecular complexity index is 641. The van der Waals surface area contributed by atoms with Crippen LogP contribution >= 0.6 is 0 Å². The highest BCUT2D eigenvalue weighted by atomic mass is 14.9. The summed E-state index contributed by atoms with van der Waals surface area (Å²) in [5, 5.41) is 1.20. The Morgan fingerprint density at radius 3 is 2.04 bits per heavy atom. The number of nitrogens with one attached hydrogen (secondary N) is 1. The molecule has 0 saturated heterocycles. The van der Waals surface area contributed by atoms with E-state index < -0.39 is 0 Å². The molecule has 146 valence electrons. The number of H-pyrrole nitrogens is 1. The van der Waals surface area contributed by atoms with Gasteiger partial charge in [0.05, 0.1) is 5.52 Å². The van der Waals surface area contributed by atoms with Gasteiger partial charge in [-0.05, 0) is 18.6 Å². The van der Waals surface area contributed by atoms with Crippen molar-refractivity contribution in [3.05, 3.63) is 60.8 Å². The van der Waals surface area contributed by atoms with Gasteiger partial charge in [-0.25, -0.2) is 4.98 Å². The van der Waals surface area contributed by atoms with Crippen LogP contribution in [0.2, 0.25) is 0 Å². The van der Waals surface area contributed by atoms with E-state index in [0.29, 0.717) is 0 Å².